The largest absolute Gasteiger partial charge is 0.289 e. The van der Waals surface area contributed by atoms with E-state index in [0.717, 1.165) is 12.3 Å². The van der Waals surface area contributed by atoms with Gasteiger partial charge >= 0.3 is 0 Å². The van der Waals surface area contributed by atoms with Gasteiger partial charge in [0.2, 0.25) is 0 Å². The summed E-state index contributed by atoms with van der Waals surface area (Å²) in [5.74, 6) is -0.541. The van der Waals surface area contributed by atoms with Crippen molar-refractivity contribution >= 4 is 17.7 Å². The molecule has 0 saturated carbocycles. The third-order valence-corrected chi connectivity index (χ3v) is 1.58. The van der Waals surface area contributed by atoms with E-state index in [2.05, 4.69) is 5.10 Å². The molecule has 0 spiro atoms. The zero-order chi connectivity index (χ0) is 11.3. The fraction of sp³-hybridized carbons (Fsp3) is 0. The van der Waals surface area contributed by atoms with Gasteiger partial charge in [-0.1, -0.05) is 12.1 Å². The van der Waals surface area contributed by atoms with Crippen LogP contribution in [0.1, 0.15) is 10.4 Å². The first kappa shape index (κ1) is 10.6. The van der Waals surface area contributed by atoms with E-state index in [1.807, 2.05) is 0 Å². The minimum atomic E-state index is -0.599. The lowest BCUT2D eigenvalue weighted by Crippen LogP contribution is -2.54. The summed E-state index contributed by atoms with van der Waals surface area (Å²) in [6.07, 6.45) is 0.819. The Morgan fingerprint density at radius 3 is 2.93 bits per heavy atom. The minimum absolute atomic E-state index is 0.128. The average Bonchev–Trinajstić information content (AvgIpc) is 2.26. The number of ketones is 1. The van der Waals surface area contributed by atoms with Crippen molar-refractivity contribution in [3.05, 3.63) is 45.5 Å². The summed E-state index contributed by atoms with van der Waals surface area (Å²) in [4.78, 5) is 21.1. The monoisotopic (exact) mass is 206 g/mol. The number of nitrogens with zero attached hydrogens (tertiary/aromatic N) is 3. The number of non-ortho nitro benzene ring substituents is 1. The highest BCUT2D eigenvalue weighted by atomic mass is 16.6. The molecule has 0 unspecified atom stereocenters. The minimum Gasteiger partial charge on any atom is -0.289 e. The van der Waals surface area contributed by atoms with Crippen molar-refractivity contribution in [2.24, 2.45) is 5.10 Å². The quantitative estimate of drug-likeness (QED) is 0.243. The predicted molar refractivity (Wildman–Crippen MR) is 50.2 cm³/mol. The van der Waals surface area contributed by atoms with E-state index in [0.29, 0.717) is 0 Å². The lowest BCUT2D eigenvalue weighted by molar-refractivity contribution is -0.485. The van der Waals surface area contributed by atoms with Crippen LogP contribution in [-0.2, 0) is 0 Å². The molecule has 0 saturated heterocycles. The van der Waals surface area contributed by atoms with Gasteiger partial charge in [-0.15, -0.1) is 0 Å². The van der Waals surface area contributed by atoms with E-state index < -0.39 is 10.7 Å². The highest BCUT2D eigenvalue weighted by Crippen LogP contribution is 2.12. The number of Topliss-reactive ketones (excluding diaryl/α,β-unsaturated/α-hetero) is 1. The molecule has 0 atom stereocenters. The molecule has 7 heteroatoms. The summed E-state index contributed by atoms with van der Waals surface area (Å²) < 4.78 is 0. The van der Waals surface area contributed by atoms with Gasteiger partial charge in [0.25, 0.3) is 5.69 Å². The summed E-state index contributed by atoms with van der Waals surface area (Å²) in [6, 6.07) is 5.22. The van der Waals surface area contributed by atoms with Gasteiger partial charge in [-0.3, -0.25) is 14.9 Å². The zero-order valence-corrected chi connectivity index (χ0v) is 7.45. The maximum absolute atomic E-state index is 11.3. The molecule has 1 N–H and O–H groups in total. The van der Waals surface area contributed by atoms with Crippen molar-refractivity contribution in [1.29, 1.82) is 0 Å². The van der Waals surface area contributed by atoms with Crippen LogP contribution in [0, 0.1) is 10.1 Å². The predicted octanol–water partition coefficient (Wildman–Crippen LogP) is -0.135. The van der Waals surface area contributed by atoms with Crippen LogP contribution in [0.4, 0.5) is 5.69 Å². The lowest BCUT2D eigenvalue weighted by atomic mass is 10.1. The van der Waals surface area contributed by atoms with Crippen molar-refractivity contribution in [2.45, 2.75) is 0 Å². The maximum atomic E-state index is 11.3. The van der Waals surface area contributed by atoms with Crippen LogP contribution in [0.5, 0.6) is 0 Å². The van der Waals surface area contributed by atoms with Crippen molar-refractivity contribution in [1.82, 2.24) is 0 Å². The molecular formula is C8H6N4O3. The molecule has 0 aliphatic heterocycles. The third kappa shape index (κ3) is 2.76. The molecule has 0 bridgehead atoms. The molecule has 0 radical (unpaired) electrons. The van der Waals surface area contributed by atoms with Crippen LogP contribution >= 0.6 is 0 Å². The number of hydrogen-bond acceptors (Lipinski definition) is 3. The van der Waals surface area contributed by atoms with Crippen molar-refractivity contribution in [3.8, 4) is 0 Å². The number of hydrazone groups is 1. The fourth-order valence-electron chi connectivity index (χ4n) is 0.935. The van der Waals surface area contributed by atoms with Gasteiger partial charge in [0.15, 0.2) is 5.78 Å². The van der Waals surface area contributed by atoms with Crippen LogP contribution in [0.2, 0.25) is 0 Å². The molecule has 15 heavy (non-hydrogen) atoms. The fourth-order valence-corrected chi connectivity index (χ4v) is 0.935. The number of carbonyl (C=O) groups excluding carboxylic acids is 1. The third-order valence-electron chi connectivity index (χ3n) is 1.58. The topological polar surface area (TPSA) is 109 Å². The first-order valence-corrected chi connectivity index (χ1v) is 3.86. The number of nitrogens with one attached hydrogen (secondary N) is 1. The average molecular weight is 206 g/mol. The Kier molecular flexibility index (Phi) is 3.33. The van der Waals surface area contributed by atoms with E-state index in [-0.39, 0.29) is 11.3 Å². The Morgan fingerprint density at radius 1 is 1.60 bits per heavy atom. The van der Waals surface area contributed by atoms with Gasteiger partial charge in [-0.05, 0) is 0 Å². The van der Waals surface area contributed by atoms with Crippen LogP contribution in [0.25, 0.3) is 5.53 Å². The van der Waals surface area contributed by atoms with Gasteiger partial charge in [0, 0.05) is 23.9 Å². The second-order valence-corrected chi connectivity index (χ2v) is 2.53. The first-order valence-electron chi connectivity index (χ1n) is 3.86. The van der Waals surface area contributed by atoms with Crippen molar-refractivity contribution < 1.29 is 14.9 Å². The summed E-state index contributed by atoms with van der Waals surface area (Å²) in [7, 11) is 0. The molecule has 0 amide bonds. The molecule has 1 aromatic carbocycles. The highest BCUT2D eigenvalue weighted by molar-refractivity contribution is 6.35. The lowest BCUT2D eigenvalue weighted by Gasteiger charge is -1.95. The molecule has 1 rings (SSSR count). The number of nitro benzene ring substituents is 1. The molecule has 0 aliphatic carbocycles. The van der Waals surface area contributed by atoms with Crippen molar-refractivity contribution in [3.63, 3.8) is 0 Å². The van der Waals surface area contributed by atoms with E-state index in [9.17, 15) is 14.9 Å². The Hall–Kier alpha value is -2.44. The number of rotatable bonds is 4. The molecule has 0 aliphatic rings. The van der Waals surface area contributed by atoms with Gasteiger partial charge in [-0.2, -0.15) is 15.9 Å². The molecule has 0 heterocycles. The molecule has 0 aromatic heterocycles. The summed E-state index contributed by atoms with van der Waals surface area (Å²) in [5, 5.41) is 14.9. The Balaban J connectivity index is 3.00. The molecule has 1 aromatic rings. The second kappa shape index (κ2) is 4.70. The molecule has 0 fully saturated rings. The Labute approximate surface area is 84.1 Å². The summed E-state index contributed by atoms with van der Waals surface area (Å²) in [6.45, 7) is 0. The number of nitro groups is 1. The van der Waals surface area contributed by atoms with Crippen LogP contribution in [-0.4, -0.2) is 16.9 Å². The van der Waals surface area contributed by atoms with E-state index in [1.165, 1.54) is 23.4 Å². The zero-order valence-electron chi connectivity index (χ0n) is 7.45. The first-order chi connectivity index (χ1) is 7.15. The summed E-state index contributed by atoms with van der Waals surface area (Å²) in [5.41, 5.74) is 8.05. The standard InChI is InChI=1S/C8H6N4O3/c9-11-10-5-8(13)6-2-1-3-7(4-6)12(14)15/h1-5,11H. The van der Waals surface area contributed by atoms with E-state index in [4.69, 9.17) is 5.53 Å². The normalized spacial score (nSPS) is 10.1. The van der Waals surface area contributed by atoms with Gasteiger partial charge < -0.3 is 0 Å². The molecular weight excluding hydrogens is 200 g/mol. The highest BCUT2D eigenvalue weighted by Gasteiger charge is 2.08. The number of carbonyl (C=O) groups is 1. The maximum Gasteiger partial charge on any atom is 0.270 e. The van der Waals surface area contributed by atoms with Crippen LogP contribution in [0.3, 0.4) is 0 Å². The van der Waals surface area contributed by atoms with Gasteiger partial charge in [-0.25, -0.2) is 0 Å². The molecule has 76 valence electrons. The van der Waals surface area contributed by atoms with Gasteiger partial charge in [0.05, 0.1) is 4.92 Å². The van der Waals surface area contributed by atoms with Crippen LogP contribution in [0.15, 0.2) is 29.4 Å². The second-order valence-electron chi connectivity index (χ2n) is 2.53. The van der Waals surface area contributed by atoms with Gasteiger partial charge in [0.1, 0.15) is 0 Å². The van der Waals surface area contributed by atoms with E-state index >= 15 is 0 Å². The Bertz CT molecular complexity index is 441. The SMILES string of the molecule is [N-]=[NH+]N=CC(=O)c1cccc([N+](=O)[O-])c1. The van der Waals surface area contributed by atoms with E-state index in [1.54, 1.807) is 0 Å². The smallest absolute Gasteiger partial charge is 0.270 e. The number of hydrogen-bond donors (Lipinski definition) is 1. The van der Waals surface area contributed by atoms with Crippen molar-refractivity contribution in [2.75, 3.05) is 0 Å². The number of benzene rings is 1. The molecule has 7 nitrogen and oxygen atoms in total. The Morgan fingerprint density at radius 2 is 2.33 bits per heavy atom. The van der Waals surface area contributed by atoms with Crippen LogP contribution < -0.4 is 5.22 Å². The summed E-state index contributed by atoms with van der Waals surface area (Å²) >= 11 is 0.